The third-order valence-electron chi connectivity index (χ3n) is 6.72. The lowest BCUT2D eigenvalue weighted by atomic mass is 9.94. The zero-order chi connectivity index (χ0) is 27.6. The highest BCUT2D eigenvalue weighted by atomic mass is 35.5. The second-order valence-corrected chi connectivity index (χ2v) is 11.6. The Morgan fingerprint density at radius 1 is 1.13 bits per heavy atom. The van der Waals surface area contributed by atoms with Crippen LogP contribution in [0.5, 0.6) is 0 Å². The number of halogens is 2. The molecule has 2 amide bonds. The fraction of sp³-hybridized carbons (Fsp3) is 0.385. The zero-order valence-electron chi connectivity index (χ0n) is 21.4. The van der Waals surface area contributed by atoms with Crippen molar-refractivity contribution >= 4 is 33.6 Å². The minimum absolute atomic E-state index is 0.141. The average molecular weight is 565 g/mol. The molecule has 2 atom stereocenters. The second-order valence-electron chi connectivity index (χ2n) is 9.23. The predicted octanol–water partition coefficient (Wildman–Crippen LogP) is 3.39. The van der Waals surface area contributed by atoms with Gasteiger partial charge in [-0.3, -0.25) is 9.80 Å². The largest absolute Gasteiger partial charge is 0.463 e. The van der Waals surface area contributed by atoms with E-state index in [-0.39, 0.29) is 36.2 Å². The van der Waals surface area contributed by atoms with Gasteiger partial charge in [-0.25, -0.2) is 22.4 Å². The van der Waals surface area contributed by atoms with Crippen molar-refractivity contribution in [3.63, 3.8) is 0 Å². The summed E-state index contributed by atoms with van der Waals surface area (Å²) in [5.74, 6) is -1.02. The molecule has 2 aliphatic rings. The van der Waals surface area contributed by atoms with E-state index in [0.717, 1.165) is 0 Å². The highest BCUT2D eigenvalue weighted by Gasteiger charge is 2.39. The molecule has 0 aliphatic carbocycles. The molecule has 4 rings (SSSR count). The van der Waals surface area contributed by atoms with E-state index < -0.39 is 33.9 Å². The van der Waals surface area contributed by atoms with E-state index >= 15 is 0 Å². The van der Waals surface area contributed by atoms with E-state index in [1.807, 2.05) is 11.8 Å². The van der Waals surface area contributed by atoms with E-state index in [0.29, 0.717) is 29.4 Å². The van der Waals surface area contributed by atoms with Crippen LogP contribution in [-0.2, 0) is 19.6 Å². The summed E-state index contributed by atoms with van der Waals surface area (Å²) >= 11 is 5.92. The summed E-state index contributed by atoms with van der Waals surface area (Å²) in [6, 6.07) is 10.0. The molecule has 2 aromatic carbocycles. The average Bonchev–Trinajstić information content (AvgIpc) is 2.87. The van der Waals surface area contributed by atoms with Crippen LogP contribution >= 0.6 is 11.6 Å². The molecule has 38 heavy (non-hydrogen) atoms. The highest BCUT2D eigenvalue weighted by Crippen LogP contribution is 2.32. The maximum atomic E-state index is 13.6. The van der Waals surface area contributed by atoms with Crippen molar-refractivity contribution in [2.75, 3.05) is 39.8 Å². The summed E-state index contributed by atoms with van der Waals surface area (Å²) < 4.78 is 46.8. The Hall–Kier alpha value is -2.99. The summed E-state index contributed by atoms with van der Waals surface area (Å²) in [6.07, 6.45) is 0. The summed E-state index contributed by atoms with van der Waals surface area (Å²) in [7, 11) is -2.16. The van der Waals surface area contributed by atoms with Gasteiger partial charge in [0.1, 0.15) is 5.82 Å². The topological polar surface area (TPSA) is 99.3 Å². The van der Waals surface area contributed by atoms with E-state index in [4.69, 9.17) is 16.3 Å². The second kappa shape index (κ2) is 11.4. The lowest BCUT2D eigenvalue weighted by Gasteiger charge is -2.41. The van der Waals surface area contributed by atoms with Gasteiger partial charge in [0.2, 0.25) is 10.0 Å². The highest BCUT2D eigenvalue weighted by molar-refractivity contribution is 7.89. The van der Waals surface area contributed by atoms with Crippen molar-refractivity contribution in [2.24, 2.45) is 0 Å². The molecule has 0 saturated carbocycles. The van der Waals surface area contributed by atoms with Crippen LogP contribution in [-0.4, -0.2) is 80.4 Å². The monoisotopic (exact) mass is 564 g/mol. The standard InChI is InChI=1S/C26H30ClFN4O5S/c1-4-37-25(33)23-22(30(3)26(34)29-24(23)18-5-9-20(28)10-6-18)16-31-13-14-32(17(2)15-31)38(35,36)21-11-7-19(27)8-12-21/h5-12,17,24H,4,13-16H2,1-3H3,(H,29,34)/t17-,24-/m1/s1. The van der Waals surface area contributed by atoms with Crippen LogP contribution < -0.4 is 5.32 Å². The van der Waals surface area contributed by atoms with Gasteiger partial charge in [-0.15, -0.1) is 0 Å². The number of carbonyl (C=O) groups excluding carboxylic acids is 2. The third-order valence-corrected chi connectivity index (χ3v) is 9.00. The van der Waals surface area contributed by atoms with Gasteiger partial charge in [-0.05, 0) is 55.8 Å². The maximum Gasteiger partial charge on any atom is 0.338 e. The molecule has 1 saturated heterocycles. The van der Waals surface area contributed by atoms with Crippen molar-refractivity contribution in [1.82, 2.24) is 19.4 Å². The van der Waals surface area contributed by atoms with Gasteiger partial charge in [0.05, 0.1) is 23.1 Å². The predicted molar refractivity (Wildman–Crippen MR) is 140 cm³/mol. The number of esters is 1. The fourth-order valence-electron chi connectivity index (χ4n) is 4.77. The Labute approximate surface area is 226 Å². The Bertz CT molecular complexity index is 1330. The van der Waals surface area contributed by atoms with Crippen LogP contribution in [0.3, 0.4) is 0 Å². The Morgan fingerprint density at radius 3 is 2.39 bits per heavy atom. The number of nitrogens with one attached hydrogen (secondary N) is 1. The summed E-state index contributed by atoms with van der Waals surface area (Å²) in [5, 5.41) is 3.26. The first-order valence-corrected chi connectivity index (χ1v) is 14.0. The molecule has 0 unspecified atom stereocenters. The minimum Gasteiger partial charge on any atom is -0.463 e. The SMILES string of the molecule is CCOC(=O)C1=C(CN2CCN(S(=O)(=O)c3ccc(Cl)cc3)[C@H](C)C2)N(C)C(=O)N[C@@H]1c1ccc(F)cc1. The number of benzene rings is 2. The first-order chi connectivity index (χ1) is 18.0. The number of nitrogens with zero attached hydrogens (tertiary/aromatic N) is 3. The number of likely N-dealkylation sites (N-methyl/N-ethyl adjacent to an activating group) is 1. The lowest BCUT2D eigenvalue weighted by molar-refractivity contribution is -0.139. The molecule has 0 bridgehead atoms. The van der Waals surface area contributed by atoms with Crippen molar-refractivity contribution < 1.29 is 27.1 Å². The molecule has 204 valence electrons. The third kappa shape index (κ3) is 5.70. The number of urea groups is 1. The lowest BCUT2D eigenvalue weighted by Crippen LogP contribution is -2.56. The van der Waals surface area contributed by atoms with E-state index in [1.165, 1.54) is 45.6 Å². The molecule has 12 heteroatoms. The summed E-state index contributed by atoms with van der Waals surface area (Å²) in [5.41, 5.74) is 1.24. The Morgan fingerprint density at radius 2 is 1.79 bits per heavy atom. The van der Waals surface area contributed by atoms with Gasteiger partial charge in [0.15, 0.2) is 0 Å². The van der Waals surface area contributed by atoms with Gasteiger partial charge >= 0.3 is 12.0 Å². The van der Waals surface area contributed by atoms with Crippen molar-refractivity contribution in [2.45, 2.75) is 30.8 Å². The van der Waals surface area contributed by atoms with E-state index in [9.17, 15) is 22.4 Å². The molecule has 2 heterocycles. The zero-order valence-corrected chi connectivity index (χ0v) is 22.9. The van der Waals surface area contributed by atoms with Crippen LogP contribution in [0.1, 0.15) is 25.5 Å². The molecular weight excluding hydrogens is 535 g/mol. The van der Waals surface area contributed by atoms with Crippen molar-refractivity contribution in [1.29, 1.82) is 0 Å². The number of amides is 2. The molecule has 0 aromatic heterocycles. The van der Waals surface area contributed by atoms with E-state index in [1.54, 1.807) is 26.1 Å². The minimum atomic E-state index is -3.73. The van der Waals surface area contributed by atoms with Gasteiger partial charge < -0.3 is 10.1 Å². The van der Waals surface area contributed by atoms with Gasteiger partial charge in [-0.2, -0.15) is 4.31 Å². The molecule has 0 spiro atoms. The number of ether oxygens (including phenoxy) is 1. The molecule has 1 fully saturated rings. The molecular formula is C26H30ClFN4O5S. The van der Waals surface area contributed by atoms with Crippen LogP contribution in [0.4, 0.5) is 9.18 Å². The van der Waals surface area contributed by atoms with Gasteiger partial charge in [0, 0.05) is 50.0 Å². The van der Waals surface area contributed by atoms with Crippen LogP contribution in [0.2, 0.25) is 5.02 Å². The first kappa shape index (κ1) is 28.0. The number of carbonyl (C=O) groups is 2. The quantitative estimate of drug-likeness (QED) is 0.518. The van der Waals surface area contributed by atoms with Crippen molar-refractivity contribution in [3.05, 3.63) is 76.2 Å². The van der Waals surface area contributed by atoms with Crippen LogP contribution in [0, 0.1) is 5.82 Å². The number of hydrogen-bond donors (Lipinski definition) is 1. The normalized spacial score (nSPS) is 21.4. The van der Waals surface area contributed by atoms with Crippen LogP contribution in [0.15, 0.2) is 64.7 Å². The molecule has 0 radical (unpaired) electrons. The molecule has 2 aliphatic heterocycles. The smallest absolute Gasteiger partial charge is 0.338 e. The molecule has 1 N–H and O–H groups in total. The Kier molecular flexibility index (Phi) is 8.41. The number of sulfonamides is 1. The fourth-order valence-corrected chi connectivity index (χ4v) is 6.51. The molecule has 2 aromatic rings. The summed E-state index contributed by atoms with van der Waals surface area (Å²) in [4.78, 5) is 29.6. The summed E-state index contributed by atoms with van der Waals surface area (Å²) in [6.45, 7) is 4.86. The molecule has 9 nitrogen and oxygen atoms in total. The van der Waals surface area contributed by atoms with Crippen LogP contribution in [0.25, 0.3) is 0 Å². The Balaban J connectivity index is 1.62. The van der Waals surface area contributed by atoms with E-state index in [2.05, 4.69) is 5.32 Å². The number of piperazine rings is 1. The number of rotatable bonds is 7. The number of hydrogen-bond acceptors (Lipinski definition) is 6. The maximum absolute atomic E-state index is 13.6. The first-order valence-electron chi connectivity index (χ1n) is 12.2. The van der Waals surface area contributed by atoms with Gasteiger partial charge in [-0.1, -0.05) is 23.7 Å². The van der Waals surface area contributed by atoms with Gasteiger partial charge in [0.25, 0.3) is 0 Å². The van der Waals surface area contributed by atoms with Crippen molar-refractivity contribution in [3.8, 4) is 0 Å².